The first-order valence-electron chi connectivity index (χ1n) is 6.69. The van der Waals surface area contributed by atoms with Crippen molar-refractivity contribution in [3.8, 4) is 0 Å². The number of ether oxygens (including phenoxy) is 2. The number of aromatic nitrogens is 2. The Balaban J connectivity index is 2.11. The maximum atomic E-state index is 10.6. The van der Waals surface area contributed by atoms with Crippen LogP contribution in [0.5, 0.6) is 0 Å². The number of carbonyl (C=O) groups excluding carboxylic acids is 1. The van der Waals surface area contributed by atoms with E-state index in [1.165, 1.54) is 6.92 Å². The molecule has 0 saturated heterocycles. The molecule has 0 N–H and O–H groups in total. The van der Waals surface area contributed by atoms with Crippen LogP contribution in [-0.2, 0) is 27.2 Å². The van der Waals surface area contributed by atoms with Crippen molar-refractivity contribution in [1.29, 1.82) is 0 Å². The van der Waals surface area contributed by atoms with E-state index in [0.29, 0.717) is 19.8 Å². The molecule has 0 aliphatic rings. The molecule has 0 saturated carbocycles. The average molecular weight is 281 g/mol. The molecule has 1 aromatic heterocycles. The van der Waals surface area contributed by atoms with Gasteiger partial charge in [0.2, 0.25) is 0 Å². The van der Waals surface area contributed by atoms with Crippen LogP contribution in [0.25, 0.3) is 0 Å². The van der Waals surface area contributed by atoms with Crippen molar-refractivity contribution >= 4 is 5.78 Å². The molecular formula is C14H23N3O3. The van der Waals surface area contributed by atoms with Gasteiger partial charge < -0.3 is 14.4 Å². The average Bonchev–Trinajstić information content (AvgIpc) is 2.38. The van der Waals surface area contributed by atoms with E-state index in [2.05, 4.69) is 10.2 Å². The molecule has 1 heterocycles. The highest BCUT2D eigenvalue weighted by molar-refractivity contribution is 5.76. The first-order chi connectivity index (χ1) is 9.58. The zero-order chi connectivity index (χ0) is 14.8. The first-order valence-corrected chi connectivity index (χ1v) is 6.69. The quantitative estimate of drug-likeness (QED) is 0.588. The lowest BCUT2D eigenvalue weighted by molar-refractivity contribution is -0.121. The Hall–Kier alpha value is -1.37. The van der Waals surface area contributed by atoms with E-state index in [-0.39, 0.29) is 12.4 Å². The lowest BCUT2D eigenvalue weighted by Crippen LogP contribution is -2.13. The molecule has 0 aromatic carbocycles. The van der Waals surface area contributed by atoms with Gasteiger partial charge in [-0.15, -0.1) is 0 Å². The Labute approximate surface area is 120 Å². The van der Waals surface area contributed by atoms with Gasteiger partial charge in [0.15, 0.2) is 5.78 Å². The molecule has 112 valence electrons. The van der Waals surface area contributed by atoms with Crippen LogP contribution in [-0.4, -0.2) is 61.4 Å². The van der Waals surface area contributed by atoms with E-state index in [4.69, 9.17) is 9.47 Å². The Morgan fingerprint density at radius 1 is 1.10 bits per heavy atom. The summed E-state index contributed by atoms with van der Waals surface area (Å²) in [6.45, 7) is 3.94. The second kappa shape index (κ2) is 9.52. The number of hydrogen-bond donors (Lipinski definition) is 0. The van der Waals surface area contributed by atoms with E-state index < -0.39 is 0 Å². The molecule has 0 bridgehead atoms. The van der Waals surface area contributed by atoms with Gasteiger partial charge >= 0.3 is 0 Å². The zero-order valence-corrected chi connectivity index (χ0v) is 12.5. The molecule has 0 atom stereocenters. The van der Waals surface area contributed by atoms with Gasteiger partial charge in [-0.05, 0) is 33.2 Å². The second-order valence-electron chi connectivity index (χ2n) is 4.87. The topological polar surface area (TPSA) is 64.6 Å². The smallest absolute Gasteiger partial charge is 0.155 e. The van der Waals surface area contributed by atoms with E-state index in [1.807, 2.05) is 31.1 Å². The van der Waals surface area contributed by atoms with Gasteiger partial charge in [-0.2, -0.15) is 10.2 Å². The number of nitrogens with zero attached hydrogens (tertiary/aromatic N) is 3. The Kier molecular flexibility index (Phi) is 7.94. The predicted octanol–water partition coefficient (Wildman–Crippen LogP) is 0.703. The van der Waals surface area contributed by atoms with Crippen molar-refractivity contribution in [1.82, 2.24) is 15.1 Å². The highest BCUT2D eigenvalue weighted by atomic mass is 16.5. The molecule has 0 radical (unpaired) electrons. The molecular weight excluding hydrogens is 258 g/mol. The summed E-state index contributed by atoms with van der Waals surface area (Å²) in [5.41, 5.74) is 1.87. The number of Topliss-reactive ketones (excluding diaryl/α,β-unsaturated/α-hetero) is 1. The van der Waals surface area contributed by atoms with Gasteiger partial charge in [-0.1, -0.05) is 0 Å². The summed E-state index contributed by atoms with van der Waals surface area (Å²) >= 11 is 0. The maximum absolute atomic E-state index is 10.6. The van der Waals surface area contributed by atoms with Crippen LogP contribution >= 0.6 is 0 Å². The van der Waals surface area contributed by atoms with Crippen molar-refractivity contribution in [2.45, 2.75) is 19.9 Å². The molecule has 6 heteroatoms. The SMILES string of the molecule is CC(=O)COCCOCCc1ccc(CN(C)C)nn1. The second-order valence-corrected chi connectivity index (χ2v) is 4.87. The minimum absolute atomic E-state index is 0.0260. The van der Waals surface area contributed by atoms with Gasteiger partial charge in [0.25, 0.3) is 0 Å². The number of hydrogen-bond acceptors (Lipinski definition) is 6. The van der Waals surface area contributed by atoms with E-state index in [0.717, 1.165) is 24.4 Å². The summed E-state index contributed by atoms with van der Waals surface area (Å²) in [6.07, 6.45) is 0.724. The molecule has 0 aliphatic carbocycles. The van der Waals surface area contributed by atoms with E-state index in [1.54, 1.807) is 0 Å². The van der Waals surface area contributed by atoms with Crippen LogP contribution in [0.1, 0.15) is 18.3 Å². The fraction of sp³-hybridized carbons (Fsp3) is 0.643. The molecule has 0 unspecified atom stereocenters. The molecule has 6 nitrogen and oxygen atoms in total. The third-order valence-electron chi connectivity index (χ3n) is 2.43. The highest BCUT2D eigenvalue weighted by Crippen LogP contribution is 2.00. The summed E-state index contributed by atoms with van der Waals surface area (Å²) in [5, 5.41) is 8.31. The van der Waals surface area contributed by atoms with Crippen molar-refractivity contribution in [3.05, 3.63) is 23.5 Å². The first kappa shape index (κ1) is 16.7. The lowest BCUT2D eigenvalue weighted by atomic mass is 10.3. The maximum Gasteiger partial charge on any atom is 0.155 e. The van der Waals surface area contributed by atoms with Crippen LogP contribution in [0.2, 0.25) is 0 Å². The normalized spacial score (nSPS) is 11.0. The summed E-state index contributed by atoms with van der Waals surface area (Å²) in [5.74, 6) is 0.0260. The molecule has 0 fully saturated rings. The number of carbonyl (C=O) groups is 1. The van der Waals surface area contributed by atoms with Gasteiger partial charge in [0.05, 0.1) is 31.2 Å². The zero-order valence-electron chi connectivity index (χ0n) is 12.5. The van der Waals surface area contributed by atoms with Crippen LogP contribution in [0.15, 0.2) is 12.1 Å². The highest BCUT2D eigenvalue weighted by Gasteiger charge is 2.00. The van der Waals surface area contributed by atoms with Crippen LogP contribution < -0.4 is 0 Å². The standard InChI is InChI=1S/C14H23N3O3/c1-12(18)11-20-9-8-19-7-6-13-4-5-14(16-15-13)10-17(2)3/h4-5H,6-11H2,1-3H3. The van der Waals surface area contributed by atoms with Crippen molar-refractivity contribution < 1.29 is 14.3 Å². The van der Waals surface area contributed by atoms with Crippen LogP contribution in [0.4, 0.5) is 0 Å². The minimum Gasteiger partial charge on any atom is -0.379 e. The van der Waals surface area contributed by atoms with Crippen LogP contribution in [0, 0.1) is 0 Å². The van der Waals surface area contributed by atoms with Crippen molar-refractivity contribution in [2.24, 2.45) is 0 Å². The summed E-state index contributed by atoms with van der Waals surface area (Å²) < 4.78 is 10.5. The molecule has 0 amide bonds. The summed E-state index contributed by atoms with van der Waals surface area (Å²) in [6, 6.07) is 3.96. The third kappa shape index (κ3) is 7.93. The third-order valence-corrected chi connectivity index (χ3v) is 2.43. The van der Waals surface area contributed by atoms with Gasteiger partial charge in [0.1, 0.15) is 6.61 Å². The Morgan fingerprint density at radius 3 is 2.35 bits per heavy atom. The monoisotopic (exact) mass is 281 g/mol. The van der Waals surface area contributed by atoms with E-state index >= 15 is 0 Å². The fourth-order valence-corrected chi connectivity index (χ4v) is 1.54. The number of rotatable bonds is 10. The molecule has 0 aliphatic heterocycles. The van der Waals surface area contributed by atoms with Gasteiger partial charge in [-0.3, -0.25) is 4.79 Å². The Bertz CT molecular complexity index is 393. The van der Waals surface area contributed by atoms with Crippen molar-refractivity contribution in [3.63, 3.8) is 0 Å². The minimum atomic E-state index is 0.0260. The fourth-order valence-electron chi connectivity index (χ4n) is 1.54. The van der Waals surface area contributed by atoms with E-state index in [9.17, 15) is 4.79 Å². The lowest BCUT2D eigenvalue weighted by Gasteiger charge is -2.08. The molecule has 20 heavy (non-hydrogen) atoms. The molecule has 1 aromatic rings. The van der Waals surface area contributed by atoms with Gasteiger partial charge in [-0.25, -0.2) is 0 Å². The van der Waals surface area contributed by atoms with Crippen LogP contribution in [0.3, 0.4) is 0 Å². The predicted molar refractivity (Wildman–Crippen MR) is 75.4 cm³/mol. The summed E-state index contributed by atoms with van der Waals surface area (Å²) in [4.78, 5) is 12.7. The van der Waals surface area contributed by atoms with Gasteiger partial charge in [0, 0.05) is 13.0 Å². The molecule has 1 rings (SSSR count). The summed E-state index contributed by atoms with van der Waals surface area (Å²) in [7, 11) is 4.00. The Morgan fingerprint density at radius 2 is 1.75 bits per heavy atom. The van der Waals surface area contributed by atoms with Crippen molar-refractivity contribution in [2.75, 3.05) is 40.5 Å². The number of ketones is 1. The largest absolute Gasteiger partial charge is 0.379 e. The molecule has 0 spiro atoms.